The van der Waals surface area contributed by atoms with Crippen LogP contribution in [0.3, 0.4) is 0 Å². The lowest BCUT2D eigenvalue weighted by Gasteiger charge is -2.43. The van der Waals surface area contributed by atoms with E-state index in [1.165, 1.54) is 30.3 Å². The van der Waals surface area contributed by atoms with Crippen LogP contribution in [0.2, 0.25) is 5.04 Å². The third-order valence-electron chi connectivity index (χ3n) is 6.72. The molecule has 0 aliphatic carbocycles. The van der Waals surface area contributed by atoms with Gasteiger partial charge in [0.1, 0.15) is 6.10 Å². The van der Waals surface area contributed by atoms with Gasteiger partial charge in [0.2, 0.25) is 0 Å². The Kier molecular flexibility index (Phi) is 9.59. The first-order chi connectivity index (χ1) is 18.4. The average molecular weight is 557 g/mol. The van der Waals surface area contributed by atoms with Gasteiger partial charge in [0, 0.05) is 12.7 Å². The van der Waals surface area contributed by atoms with Crippen molar-refractivity contribution in [2.24, 2.45) is 0 Å². The molecule has 0 aliphatic rings. The molecule has 3 rings (SSSR count). The Bertz CT molecular complexity index is 1190. The van der Waals surface area contributed by atoms with Gasteiger partial charge in [-0.15, -0.1) is 0 Å². The van der Waals surface area contributed by atoms with Gasteiger partial charge in [0.15, 0.2) is 0 Å². The first kappa shape index (κ1) is 30.3. The molecule has 0 N–H and O–H groups in total. The van der Waals surface area contributed by atoms with E-state index in [2.05, 4.69) is 20.8 Å². The number of alkyl halides is 3. The lowest BCUT2D eigenvalue weighted by Crippen LogP contribution is -2.67. The fourth-order valence-electron chi connectivity index (χ4n) is 4.92. The smallest absolute Gasteiger partial charge is 0.432 e. The van der Waals surface area contributed by atoms with E-state index in [-0.39, 0.29) is 17.2 Å². The van der Waals surface area contributed by atoms with Crippen LogP contribution in [0.15, 0.2) is 103 Å². The monoisotopic (exact) mass is 556 g/mol. The van der Waals surface area contributed by atoms with E-state index in [4.69, 9.17) is 13.9 Å². The molecule has 0 saturated heterocycles. The molecule has 0 heterocycles. The summed E-state index contributed by atoms with van der Waals surface area (Å²) in [4.78, 5) is 13.3. The Labute approximate surface area is 229 Å². The zero-order valence-corrected chi connectivity index (χ0v) is 23.9. The summed E-state index contributed by atoms with van der Waals surface area (Å²) in [6.45, 7) is 7.82. The van der Waals surface area contributed by atoms with Crippen LogP contribution in [0.1, 0.15) is 33.3 Å². The molecule has 8 heteroatoms. The minimum absolute atomic E-state index is 0.143. The molecule has 0 amide bonds. The van der Waals surface area contributed by atoms with Gasteiger partial charge >= 0.3 is 12.1 Å². The van der Waals surface area contributed by atoms with Crippen LogP contribution in [0.25, 0.3) is 0 Å². The Balaban J connectivity index is 2.03. The minimum Gasteiger partial charge on any atom is -0.453 e. The molecule has 4 nitrogen and oxygen atoms in total. The molecule has 0 bridgehead atoms. The molecule has 3 aromatic carbocycles. The normalized spacial score (nSPS) is 15.1. The zero-order valence-electron chi connectivity index (χ0n) is 22.9. The highest BCUT2D eigenvalue weighted by atomic mass is 28.4. The summed E-state index contributed by atoms with van der Waals surface area (Å²) in [5, 5.41) is 1.63. The van der Waals surface area contributed by atoms with Crippen molar-refractivity contribution in [3.05, 3.63) is 109 Å². The second-order valence-corrected chi connectivity index (χ2v) is 14.5. The Morgan fingerprint density at radius 3 is 1.69 bits per heavy atom. The minimum atomic E-state index is -5.07. The molecule has 39 heavy (non-hydrogen) atoms. The van der Waals surface area contributed by atoms with E-state index in [1.54, 1.807) is 19.1 Å². The first-order valence-corrected chi connectivity index (χ1v) is 14.6. The summed E-state index contributed by atoms with van der Waals surface area (Å²) in [6, 6.07) is 26.4. The largest absolute Gasteiger partial charge is 0.453 e. The fourth-order valence-corrected chi connectivity index (χ4v) is 9.49. The van der Waals surface area contributed by atoms with Crippen molar-refractivity contribution in [1.82, 2.24) is 0 Å². The number of methoxy groups -OCH3 is 1. The average Bonchev–Trinajstić information content (AvgIpc) is 2.90. The summed E-state index contributed by atoms with van der Waals surface area (Å²) in [5.74, 6) is -1.56. The van der Waals surface area contributed by atoms with E-state index in [0.717, 1.165) is 17.5 Å². The molecule has 1 unspecified atom stereocenters. The highest BCUT2D eigenvalue weighted by molar-refractivity contribution is 6.99. The van der Waals surface area contributed by atoms with Crippen molar-refractivity contribution in [2.75, 3.05) is 13.7 Å². The van der Waals surface area contributed by atoms with Crippen LogP contribution in [0.4, 0.5) is 13.2 Å². The number of halogens is 3. The maximum Gasteiger partial charge on any atom is 0.432 e. The van der Waals surface area contributed by atoms with Crippen LogP contribution in [0, 0.1) is 0 Å². The fraction of sp³-hybridized carbons (Fsp3) is 0.323. The Morgan fingerprint density at radius 1 is 0.846 bits per heavy atom. The van der Waals surface area contributed by atoms with Crippen LogP contribution in [0.5, 0.6) is 0 Å². The van der Waals surface area contributed by atoms with Crippen molar-refractivity contribution in [3.63, 3.8) is 0 Å². The molecule has 208 valence electrons. The van der Waals surface area contributed by atoms with Gasteiger partial charge in [0.05, 0.1) is 6.61 Å². The van der Waals surface area contributed by atoms with E-state index in [9.17, 15) is 18.0 Å². The third-order valence-corrected chi connectivity index (χ3v) is 11.7. The van der Waals surface area contributed by atoms with Crippen molar-refractivity contribution in [1.29, 1.82) is 0 Å². The van der Waals surface area contributed by atoms with Crippen LogP contribution < -0.4 is 10.4 Å². The van der Waals surface area contributed by atoms with Crippen LogP contribution in [-0.2, 0) is 24.3 Å². The predicted octanol–water partition coefficient (Wildman–Crippen LogP) is 6.16. The SMILES string of the molecule is C/C=C/[C@@H](CO[Si](c1ccccc1)(c1ccccc1)C(C)(C)C)OC(=O)C(OC)(c1ccccc1)C(F)(F)F. The first-order valence-electron chi connectivity index (χ1n) is 12.7. The zero-order chi connectivity index (χ0) is 28.7. The topological polar surface area (TPSA) is 44.8 Å². The van der Waals surface area contributed by atoms with Crippen molar-refractivity contribution < 1.29 is 31.9 Å². The maximum atomic E-state index is 14.5. The molecule has 0 fully saturated rings. The van der Waals surface area contributed by atoms with Crippen LogP contribution >= 0.6 is 0 Å². The maximum absolute atomic E-state index is 14.5. The van der Waals surface area contributed by atoms with E-state index < -0.39 is 32.2 Å². The second-order valence-electron chi connectivity index (χ2n) is 10.2. The van der Waals surface area contributed by atoms with E-state index in [0.29, 0.717) is 0 Å². The van der Waals surface area contributed by atoms with Gasteiger partial charge in [-0.1, -0.05) is 118 Å². The summed E-state index contributed by atoms with van der Waals surface area (Å²) >= 11 is 0. The highest BCUT2D eigenvalue weighted by Crippen LogP contribution is 2.43. The van der Waals surface area contributed by atoms with Gasteiger partial charge in [-0.2, -0.15) is 13.2 Å². The number of hydrogen-bond donors (Lipinski definition) is 0. The number of hydrogen-bond acceptors (Lipinski definition) is 4. The van der Waals surface area contributed by atoms with Crippen LogP contribution in [-0.4, -0.2) is 40.3 Å². The number of ether oxygens (including phenoxy) is 2. The number of allylic oxidation sites excluding steroid dienone is 1. The second kappa shape index (κ2) is 12.3. The molecule has 2 atom stereocenters. The molecule has 0 saturated carbocycles. The standard InChI is InChI=1S/C31H35F3O4Si/c1-6-16-25(38-28(35)30(36-5,31(32,33)34)24-17-10-7-11-18-24)23-37-39(29(2,3)4,26-19-12-8-13-20-26)27-21-14-9-15-22-27/h6-22,25H,23H2,1-5H3/b16-6+/t25-,30?/m0/s1. The van der Waals surface area contributed by atoms with E-state index in [1.807, 2.05) is 60.7 Å². The lowest BCUT2D eigenvalue weighted by molar-refractivity contribution is -0.277. The summed E-state index contributed by atoms with van der Waals surface area (Å²) in [7, 11) is -2.17. The summed E-state index contributed by atoms with van der Waals surface area (Å²) in [5.41, 5.74) is -3.65. The van der Waals surface area contributed by atoms with Gasteiger partial charge in [-0.05, 0) is 28.4 Å². The number of carbonyl (C=O) groups excluding carboxylic acids is 1. The number of rotatable bonds is 10. The predicted molar refractivity (Wildman–Crippen MR) is 149 cm³/mol. The molecule has 0 aromatic heterocycles. The van der Waals surface area contributed by atoms with Crippen molar-refractivity contribution >= 4 is 24.7 Å². The van der Waals surface area contributed by atoms with Gasteiger partial charge in [0.25, 0.3) is 13.9 Å². The summed E-state index contributed by atoms with van der Waals surface area (Å²) in [6.07, 6.45) is -3.02. The number of esters is 1. The number of benzene rings is 3. The molecule has 0 aliphatic heterocycles. The van der Waals surface area contributed by atoms with E-state index >= 15 is 0 Å². The molecular weight excluding hydrogens is 521 g/mol. The quantitative estimate of drug-likeness (QED) is 0.171. The van der Waals surface area contributed by atoms with Gasteiger partial charge < -0.3 is 13.9 Å². The molecule has 3 aromatic rings. The third kappa shape index (κ3) is 6.03. The Hall–Kier alpha value is -3.20. The van der Waals surface area contributed by atoms with Gasteiger partial charge in [-0.25, -0.2) is 4.79 Å². The van der Waals surface area contributed by atoms with Crippen molar-refractivity contribution in [2.45, 2.75) is 50.6 Å². The van der Waals surface area contributed by atoms with Gasteiger partial charge in [-0.3, -0.25) is 0 Å². The molecule has 0 spiro atoms. The summed E-state index contributed by atoms with van der Waals surface area (Å²) < 4.78 is 60.6. The molecular formula is C31H35F3O4Si. The number of carbonyl (C=O) groups is 1. The lowest BCUT2D eigenvalue weighted by atomic mass is 9.92. The van der Waals surface area contributed by atoms with Crippen molar-refractivity contribution in [3.8, 4) is 0 Å². The molecule has 0 radical (unpaired) electrons. The highest BCUT2D eigenvalue weighted by Gasteiger charge is 2.64. The Morgan fingerprint density at radius 2 is 1.31 bits per heavy atom.